The number of amides is 1. The lowest BCUT2D eigenvalue weighted by Crippen LogP contribution is -2.33. The van der Waals surface area contributed by atoms with Gasteiger partial charge in [-0.05, 0) is 23.6 Å². The van der Waals surface area contributed by atoms with Gasteiger partial charge in [0.1, 0.15) is 0 Å². The molecule has 5 nitrogen and oxygen atoms in total. The van der Waals surface area contributed by atoms with Crippen LogP contribution in [0.1, 0.15) is 10.4 Å². The Bertz CT molecular complexity index is 834. The molecular weight excluding hydrogens is 334 g/mol. The van der Waals surface area contributed by atoms with E-state index in [9.17, 15) is 4.79 Å². The van der Waals surface area contributed by atoms with E-state index < -0.39 is 0 Å². The van der Waals surface area contributed by atoms with Crippen molar-refractivity contribution in [3.8, 4) is 10.6 Å². The lowest BCUT2D eigenvalue weighted by Gasteiger charge is -2.10. The van der Waals surface area contributed by atoms with Gasteiger partial charge in [0.15, 0.2) is 0 Å². The van der Waals surface area contributed by atoms with Crippen LogP contribution in [0.15, 0.2) is 47.8 Å². The van der Waals surface area contributed by atoms with Gasteiger partial charge in [-0.1, -0.05) is 24.3 Å². The molecule has 0 unspecified atom stereocenters. The van der Waals surface area contributed by atoms with Gasteiger partial charge in [-0.15, -0.1) is 11.3 Å². The second-order valence-electron chi connectivity index (χ2n) is 5.55. The quantitative estimate of drug-likeness (QED) is 0.610. The SMILES string of the molecule is COCCNCCNC(=O)c1cc(-c2cccs2)nc2ccccc12. The number of hydrogen-bond acceptors (Lipinski definition) is 5. The van der Waals surface area contributed by atoms with Gasteiger partial charge < -0.3 is 15.4 Å². The highest BCUT2D eigenvalue weighted by atomic mass is 32.1. The monoisotopic (exact) mass is 355 g/mol. The first-order chi connectivity index (χ1) is 12.3. The van der Waals surface area contributed by atoms with Crippen molar-refractivity contribution in [2.24, 2.45) is 0 Å². The van der Waals surface area contributed by atoms with Crippen molar-refractivity contribution in [3.05, 3.63) is 53.4 Å². The molecule has 0 atom stereocenters. The Morgan fingerprint density at radius 2 is 2.04 bits per heavy atom. The minimum absolute atomic E-state index is 0.0788. The highest BCUT2D eigenvalue weighted by Gasteiger charge is 2.13. The maximum absolute atomic E-state index is 12.7. The van der Waals surface area contributed by atoms with Crippen molar-refractivity contribution >= 4 is 28.1 Å². The van der Waals surface area contributed by atoms with E-state index in [1.165, 1.54) is 0 Å². The third kappa shape index (κ3) is 4.42. The summed E-state index contributed by atoms with van der Waals surface area (Å²) in [6.45, 7) is 2.70. The number of pyridine rings is 1. The molecule has 2 N–H and O–H groups in total. The number of carbonyl (C=O) groups is 1. The highest BCUT2D eigenvalue weighted by Crippen LogP contribution is 2.27. The van der Waals surface area contributed by atoms with E-state index in [0.717, 1.165) is 28.0 Å². The summed E-state index contributed by atoms with van der Waals surface area (Å²) in [7, 11) is 1.67. The zero-order chi connectivity index (χ0) is 17.5. The van der Waals surface area contributed by atoms with Crippen molar-refractivity contribution in [1.82, 2.24) is 15.6 Å². The van der Waals surface area contributed by atoms with Crippen LogP contribution in [0.4, 0.5) is 0 Å². The first-order valence-electron chi connectivity index (χ1n) is 8.21. The largest absolute Gasteiger partial charge is 0.383 e. The first-order valence-corrected chi connectivity index (χ1v) is 9.09. The molecule has 0 spiro atoms. The van der Waals surface area contributed by atoms with Gasteiger partial charge in [-0.2, -0.15) is 0 Å². The highest BCUT2D eigenvalue weighted by molar-refractivity contribution is 7.13. The van der Waals surface area contributed by atoms with E-state index in [0.29, 0.717) is 25.3 Å². The summed E-state index contributed by atoms with van der Waals surface area (Å²) in [5, 5.41) is 9.07. The third-order valence-corrected chi connectivity index (χ3v) is 4.70. The average Bonchev–Trinajstić information content (AvgIpc) is 3.18. The predicted molar refractivity (Wildman–Crippen MR) is 102 cm³/mol. The summed E-state index contributed by atoms with van der Waals surface area (Å²) in [4.78, 5) is 18.4. The maximum Gasteiger partial charge on any atom is 0.252 e. The van der Waals surface area contributed by atoms with E-state index >= 15 is 0 Å². The van der Waals surface area contributed by atoms with E-state index in [1.54, 1.807) is 18.4 Å². The Hall–Kier alpha value is -2.28. The number of nitrogens with zero attached hydrogens (tertiary/aromatic N) is 1. The first kappa shape index (κ1) is 17.5. The third-order valence-electron chi connectivity index (χ3n) is 3.80. The fourth-order valence-corrected chi connectivity index (χ4v) is 3.26. The maximum atomic E-state index is 12.7. The van der Waals surface area contributed by atoms with Crippen LogP contribution in [-0.2, 0) is 4.74 Å². The number of aromatic nitrogens is 1. The number of methoxy groups -OCH3 is 1. The number of benzene rings is 1. The number of para-hydroxylation sites is 1. The minimum atomic E-state index is -0.0788. The van der Waals surface area contributed by atoms with Crippen molar-refractivity contribution in [2.75, 3.05) is 33.4 Å². The fraction of sp³-hybridized carbons (Fsp3) is 0.263. The van der Waals surface area contributed by atoms with Crippen LogP contribution in [0, 0.1) is 0 Å². The summed E-state index contributed by atoms with van der Waals surface area (Å²) in [6.07, 6.45) is 0. The molecule has 0 radical (unpaired) electrons. The van der Waals surface area contributed by atoms with Gasteiger partial charge in [-0.3, -0.25) is 4.79 Å². The molecular formula is C19H21N3O2S. The van der Waals surface area contributed by atoms with Crippen LogP contribution in [0.2, 0.25) is 0 Å². The number of fused-ring (bicyclic) bond motifs is 1. The predicted octanol–water partition coefficient (Wildman–Crippen LogP) is 2.93. The number of nitrogens with one attached hydrogen (secondary N) is 2. The van der Waals surface area contributed by atoms with Gasteiger partial charge >= 0.3 is 0 Å². The van der Waals surface area contributed by atoms with Crippen LogP contribution < -0.4 is 10.6 Å². The second kappa shape index (κ2) is 8.71. The lowest BCUT2D eigenvalue weighted by atomic mass is 10.1. The summed E-state index contributed by atoms with van der Waals surface area (Å²) in [5.74, 6) is -0.0788. The Kier molecular flexibility index (Phi) is 6.11. The van der Waals surface area contributed by atoms with Crippen LogP contribution >= 0.6 is 11.3 Å². The summed E-state index contributed by atoms with van der Waals surface area (Å²) in [5.41, 5.74) is 2.32. The molecule has 0 saturated heterocycles. The van der Waals surface area contributed by atoms with Crippen LogP contribution in [0.5, 0.6) is 0 Å². The molecule has 25 heavy (non-hydrogen) atoms. The fourth-order valence-electron chi connectivity index (χ4n) is 2.57. The zero-order valence-electron chi connectivity index (χ0n) is 14.1. The molecule has 0 fully saturated rings. The molecule has 3 aromatic rings. The number of thiophene rings is 1. The Morgan fingerprint density at radius 3 is 2.84 bits per heavy atom. The van der Waals surface area contributed by atoms with E-state index in [1.807, 2.05) is 47.8 Å². The molecule has 1 aromatic carbocycles. The second-order valence-corrected chi connectivity index (χ2v) is 6.50. The van der Waals surface area contributed by atoms with Gasteiger partial charge in [0.25, 0.3) is 5.91 Å². The molecule has 6 heteroatoms. The Morgan fingerprint density at radius 1 is 1.16 bits per heavy atom. The smallest absolute Gasteiger partial charge is 0.252 e. The zero-order valence-corrected chi connectivity index (χ0v) is 14.9. The van der Waals surface area contributed by atoms with Crippen molar-refractivity contribution in [1.29, 1.82) is 0 Å². The van der Waals surface area contributed by atoms with Crippen LogP contribution in [-0.4, -0.2) is 44.2 Å². The number of ether oxygens (including phenoxy) is 1. The van der Waals surface area contributed by atoms with E-state index in [-0.39, 0.29) is 5.91 Å². The molecule has 2 heterocycles. The minimum Gasteiger partial charge on any atom is -0.383 e. The number of rotatable bonds is 8. The molecule has 0 bridgehead atoms. The van der Waals surface area contributed by atoms with E-state index in [4.69, 9.17) is 9.72 Å². The summed E-state index contributed by atoms with van der Waals surface area (Å²) < 4.78 is 4.98. The molecule has 1 amide bonds. The molecule has 0 saturated carbocycles. The van der Waals surface area contributed by atoms with Crippen LogP contribution in [0.25, 0.3) is 21.5 Å². The topological polar surface area (TPSA) is 63.2 Å². The summed E-state index contributed by atoms with van der Waals surface area (Å²) in [6, 6.07) is 13.6. The Balaban J connectivity index is 1.78. The summed E-state index contributed by atoms with van der Waals surface area (Å²) >= 11 is 1.62. The molecule has 0 aliphatic heterocycles. The van der Waals surface area contributed by atoms with Gasteiger partial charge in [0, 0.05) is 32.1 Å². The number of hydrogen-bond donors (Lipinski definition) is 2. The van der Waals surface area contributed by atoms with Gasteiger partial charge in [0.05, 0.1) is 28.3 Å². The molecule has 3 rings (SSSR count). The van der Waals surface area contributed by atoms with Crippen molar-refractivity contribution in [3.63, 3.8) is 0 Å². The van der Waals surface area contributed by atoms with E-state index in [2.05, 4.69) is 10.6 Å². The Labute approximate surface area is 151 Å². The molecule has 0 aliphatic rings. The molecule has 2 aromatic heterocycles. The van der Waals surface area contributed by atoms with Crippen molar-refractivity contribution < 1.29 is 9.53 Å². The van der Waals surface area contributed by atoms with Gasteiger partial charge in [0.2, 0.25) is 0 Å². The normalized spacial score (nSPS) is 10.9. The average molecular weight is 355 g/mol. The molecule has 0 aliphatic carbocycles. The lowest BCUT2D eigenvalue weighted by molar-refractivity contribution is 0.0955. The van der Waals surface area contributed by atoms with Crippen molar-refractivity contribution in [2.45, 2.75) is 0 Å². The standard InChI is InChI=1S/C19H21N3O2S/c1-24-11-10-20-8-9-21-19(23)15-13-17(18-7-4-12-25-18)22-16-6-3-2-5-14(15)16/h2-7,12-13,20H,8-11H2,1H3,(H,21,23). The molecule has 130 valence electrons. The van der Waals surface area contributed by atoms with Gasteiger partial charge in [-0.25, -0.2) is 4.98 Å². The number of carbonyl (C=O) groups excluding carboxylic acids is 1. The van der Waals surface area contributed by atoms with Crippen LogP contribution in [0.3, 0.4) is 0 Å².